The summed E-state index contributed by atoms with van der Waals surface area (Å²) >= 11 is 3.59. The summed E-state index contributed by atoms with van der Waals surface area (Å²) in [4.78, 5) is 14.8. The van der Waals surface area contributed by atoms with E-state index in [0.29, 0.717) is 5.92 Å². The zero-order valence-corrected chi connectivity index (χ0v) is 15.0. The minimum absolute atomic E-state index is 0.0499. The number of nitrogens with zero attached hydrogens (tertiary/aromatic N) is 1. The Bertz CT molecular complexity index is 774. The third-order valence-electron chi connectivity index (χ3n) is 5.50. The molecule has 24 heavy (non-hydrogen) atoms. The number of rotatable bonds is 2. The molecule has 2 heterocycles. The van der Waals surface area contributed by atoms with E-state index in [-0.39, 0.29) is 24.6 Å². The Labute approximate surface area is 150 Å². The van der Waals surface area contributed by atoms with E-state index in [9.17, 15) is 9.90 Å². The highest BCUT2D eigenvalue weighted by Crippen LogP contribution is 2.39. The molecule has 0 aromatic heterocycles. The summed E-state index contributed by atoms with van der Waals surface area (Å²) in [5, 5.41) is 14.8. The number of nitrogens with one attached hydrogen (secondary N) is 1. The maximum absolute atomic E-state index is 12.9. The van der Waals surface area contributed by atoms with Crippen LogP contribution in [0.15, 0.2) is 40.9 Å². The lowest BCUT2D eigenvalue weighted by molar-refractivity contribution is 0.00754. The first-order valence-electron chi connectivity index (χ1n) is 8.53. The van der Waals surface area contributed by atoms with Crippen LogP contribution in [0.5, 0.6) is 0 Å². The maximum Gasteiger partial charge on any atom is 0.322 e. The molecule has 1 aliphatic carbocycles. The van der Waals surface area contributed by atoms with Gasteiger partial charge in [-0.05, 0) is 42.7 Å². The normalized spacial score (nSPS) is 25.9. The number of anilines is 1. The predicted molar refractivity (Wildman–Crippen MR) is 99.1 cm³/mol. The summed E-state index contributed by atoms with van der Waals surface area (Å²) in [6, 6.07) is 12.1. The molecule has 1 saturated carbocycles. The molecule has 0 radical (unpaired) electrons. The number of halogens is 1. The largest absolute Gasteiger partial charge is 0.396 e. The number of benzene rings is 2. The summed E-state index contributed by atoms with van der Waals surface area (Å²) in [6.45, 7) is 0.976. The van der Waals surface area contributed by atoms with Crippen LogP contribution < -0.4 is 5.32 Å². The van der Waals surface area contributed by atoms with E-state index in [1.807, 2.05) is 41.3 Å². The molecule has 3 unspecified atom stereocenters. The highest BCUT2D eigenvalue weighted by molar-refractivity contribution is 9.10. The molecule has 3 atom stereocenters. The molecular weight excluding hydrogens is 368 g/mol. The van der Waals surface area contributed by atoms with Crippen LogP contribution in [0.2, 0.25) is 0 Å². The van der Waals surface area contributed by atoms with Crippen LogP contribution in [0.3, 0.4) is 0 Å². The molecule has 3 fully saturated rings. The van der Waals surface area contributed by atoms with Crippen molar-refractivity contribution >= 4 is 38.4 Å². The van der Waals surface area contributed by atoms with Crippen LogP contribution in [0.1, 0.15) is 19.3 Å². The van der Waals surface area contributed by atoms with Gasteiger partial charge in [0, 0.05) is 35.0 Å². The number of urea groups is 1. The number of aliphatic hydroxyl groups excluding tert-OH is 1. The van der Waals surface area contributed by atoms with E-state index in [1.54, 1.807) is 0 Å². The summed E-state index contributed by atoms with van der Waals surface area (Å²) in [5.41, 5.74) is 0.826. The summed E-state index contributed by atoms with van der Waals surface area (Å²) in [7, 11) is 0. The topological polar surface area (TPSA) is 52.6 Å². The number of amides is 2. The number of carbonyl (C=O) groups excluding carboxylic acids is 1. The molecular formula is C19H21BrN2O2. The molecule has 2 aromatic carbocycles. The fraction of sp³-hybridized carbons (Fsp3) is 0.421. The summed E-state index contributed by atoms with van der Waals surface area (Å²) in [6.07, 6.45) is 3.22. The summed E-state index contributed by atoms with van der Waals surface area (Å²) < 4.78 is 0.976. The highest BCUT2D eigenvalue weighted by Gasteiger charge is 2.42. The van der Waals surface area contributed by atoms with Gasteiger partial charge in [-0.1, -0.05) is 40.2 Å². The fourth-order valence-corrected chi connectivity index (χ4v) is 4.95. The van der Waals surface area contributed by atoms with Crippen molar-refractivity contribution < 1.29 is 9.90 Å². The van der Waals surface area contributed by atoms with Crippen molar-refractivity contribution in [2.75, 3.05) is 18.5 Å². The zero-order valence-electron chi connectivity index (χ0n) is 13.4. The average molecular weight is 389 g/mol. The van der Waals surface area contributed by atoms with Crippen molar-refractivity contribution in [2.45, 2.75) is 25.3 Å². The molecule has 3 aliphatic rings. The molecule has 5 rings (SSSR count). The first-order valence-corrected chi connectivity index (χ1v) is 9.32. The lowest BCUT2D eigenvalue weighted by Gasteiger charge is -2.49. The second kappa shape index (κ2) is 6.37. The third kappa shape index (κ3) is 2.70. The molecule has 5 heteroatoms. The van der Waals surface area contributed by atoms with Gasteiger partial charge in [0.05, 0.1) is 5.69 Å². The molecule has 4 nitrogen and oxygen atoms in total. The van der Waals surface area contributed by atoms with Crippen LogP contribution in [0.4, 0.5) is 10.5 Å². The third-order valence-corrected chi connectivity index (χ3v) is 6.16. The Morgan fingerprint density at radius 3 is 2.79 bits per heavy atom. The quantitative estimate of drug-likeness (QED) is 0.808. The van der Waals surface area contributed by atoms with E-state index >= 15 is 0 Å². The number of carbonyl (C=O) groups is 1. The fourth-order valence-electron chi connectivity index (χ4n) is 4.35. The Balaban J connectivity index is 1.61. The van der Waals surface area contributed by atoms with E-state index in [1.165, 1.54) is 6.42 Å². The van der Waals surface area contributed by atoms with Gasteiger partial charge in [-0.15, -0.1) is 0 Å². The molecule has 2 N–H and O–H groups in total. The lowest BCUT2D eigenvalue weighted by Crippen LogP contribution is -2.57. The summed E-state index contributed by atoms with van der Waals surface area (Å²) in [5.74, 6) is 0.750. The smallest absolute Gasteiger partial charge is 0.322 e. The molecule has 2 saturated heterocycles. The number of hydrogen-bond donors (Lipinski definition) is 2. The Hall–Kier alpha value is -1.59. The Morgan fingerprint density at radius 1 is 1.25 bits per heavy atom. The van der Waals surface area contributed by atoms with Crippen molar-refractivity contribution in [1.82, 2.24) is 4.90 Å². The number of hydrogen-bond acceptors (Lipinski definition) is 2. The van der Waals surface area contributed by atoms with Crippen molar-refractivity contribution in [3.8, 4) is 0 Å². The van der Waals surface area contributed by atoms with Gasteiger partial charge in [0.25, 0.3) is 0 Å². The van der Waals surface area contributed by atoms with Gasteiger partial charge in [-0.3, -0.25) is 0 Å². The molecule has 2 aliphatic heterocycles. The van der Waals surface area contributed by atoms with Gasteiger partial charge in [0.1, 0.15) is 0 Å². The van der Waals surface area contributed by atoms with E-state index in [2.05, 4.69) is 21.2 Å². The number of fused-ring (bicyclic) bond motifs is 4. The van der Waals surface area contributed by atoms with Gasteiger partial charge in [-0.25, -0.2) is 4.79 Å². The molecule has 2 amide bonds. The Morgan fingerprint density at radius 2 is 2.04 bits per heavy atom. The van der Waals surface area contributed by atoms with Crippen molar-refractivity contribution in [3.05, 3.63) is 40.9 Å². The minimum atomic E-state index is -0.0499. The second-order valence-electron chi connectivity index (χ2n) is 6.92. The van der Waals surface area contributed by atoms with Crippen molar-refractivity contribution in [3.63, 3.8) is 0 Å². The standard InChI is InChI=1S/C19H21BrN2O2/c20-15-5-1-3-13-4-2-6-16(18(13)15)21-19(24)22-10-12-7-8-17(22)14(9-12)11-23/h1-6,12,14,17,23H,7-11H2,(H,21,24). The van der Waals surface area contributed by atoms with Crippen molar-refractivity contribution in [2.24, 2.45) is 11.8 Å². The van der Waals surface area contributed by atoms with Crippen molar-refractivity contribution in [1.29, 1.82) is 0 Å². The lowest BCUT2D eigenvalue weighted by atomic mass is 9.73. The van der Waals surface area contributed by atoms with E-state index < -0.39 is 0 Å². The predicted octanol–water partition coefficient (Wildman–Crippen LogP) is 4.23. The first-order chi connectivity index (χ1) is 11.7. The van der Waals surface area contributed by atoms with Gasteiger partial charge in [-0.2, -0.15) is 0 Å². The van der Waals surface area contributed by atoms with Gasteiger partial charge in [0.2, 0.25) is 0 Å². The first kappa shape index (κ1) is 15.9. The maximum atomic E-state index is 12.9. The number of aliphatic hydroxyl groups is 1. The average Bonchev–Trinajstić information content (AvgIpc) is 2.62. The van der Waals surface area contributed by atoms with Crippen LogP contribution >= 0.6 is 15.9 Å². The van der Waals surface area contributed by atoms with Crippen LogP contribution in [-0.4, -0.2) is 35.2 Å². The van der Waals surface area contributed by atoms with E-state index in [0.717, 1.165) is 40.3 Å². The van der Waals surface area contributed by atoms with Gasteiger partial charge in [0.15, 0.2) is 0 Å². The van der Waals surface area contributed by atoms with Gasteiger partial charge < -0.3 is 15.3 Å². The number of piperidine rings is 2. The van der Waals surface area contributed by atoms with Crippen LogP contribution in [0.25, 0.3) is 10.8 Å². The molecule has 0 spiro atoms. The monoisotopic (exact) mass is 388 g/mol. The van der Waals surface area contributed by atoms with Crippen LogP contribution in [0, 0.1) is 11.8 Å². The van der Waals surface area contributed by atoms with E-state index in [4.69, 9.17) is 0 Å². The van der Waals surface area contributed by atoms with Crippen LogP contribution in [-0.2, 0) is 0 Å². The van der Waals surface area contributed by atoms with Gasteiger partial charge >= 0.3 is 6.03 Å². The highest BCUT2D eigenvalue weighted by atomic mass is 79.9. The second-order valence-corrected chi connectivity index (χ2v) is 7.77. The SMILES string of the molecule is O=C(Nc1cccc2cccc(Br)c12)N1CC2CCC1C(CO)C2. The molecule has 126 valence electrons. The Kier molecular flexibility index (Phi) is 4.22. The molecule has 2 bridgehead atoms. The molecule has 2 aromatic rings. The minimum Gasteiger partial charge on any atom is -0.396 e. The zero-order chi connectivity index (χ0) is 16.7.